The molecule has 0 spiro atoms. The van der Waals surface area contributed by atoms with Gasteiger partial charge in [0.2, 0.25) is 0 Å². The maximum absolute atomic E-state index is 11.7. The zero-order chi connectivity index (χ0) is 21.2. The molecule has 1 aromatic rings. The zero-order valence-electron chi connectivity index (χ0n) is 18.3. The summed E-state index contributed by atoms with van der Waals surface area (Å²) in [5.74, 6) is -0.754. The van der Waals surface area contributed by atoms with E-state index in [1.54, 1.807) is 24.3 Å². The zero-order valence-corrected chi connectivity index (χ0v) is 18.3. The average Bonchev–Trinajstić information content (AvgIpc) is 2.71. The lowest BCUT2D eigenvalue weighted by Crippen LogP contribution is -2.06. The number of aliphatic carboxylic acids is 1. The smallest absolute Gasteiger partial charge is 0.311 e. The number of benzene rings is 1. The first-order chi connectivity index (χ1) is 14.1. The minimum atomic E-state index is -1.10. The van der Waals surface area contributed by atoms with Crippen LogP contribution in [0.25, 0.3) is 0 Å². The van der Waals surface area contributed by atoms with Crippen molar-refractivity contribution in [2.45, 2.75) is 103 Å². The first kappa shape index (κ1) is 25.2. The molecule has 0 bridgehead atoms. The van der Waals surface area contributed by atoms with Gasteiger partial charge in [0.1, 0.15) is 12.2 Å². The fourth-order valence-corrected chi connectivity index (χ4v) is 3.46. The topological polar surface area (TPSA) is 63.6 Å². The normalized spacial score (nSPS) is 10.8. The first-order valence-corrected chi connectivity index (χ1v) is 11.6. The Morgan fingerprint density at radius 1 is 0.724 bits per heavy atom. The summed E-state index contributed by atoms with van der Waals surface area (Å²) in [6.45, 7) is 2.95. The Morgan fingerprint density at radius 2 is 1.17 bits per heavy atom. The maximum atomic E-state index is 11.7. The van der Waals surface area contributed by atoms with E-state index in [0.29, 0.717) is 12.2 Å². The number of Topliss-reactive ketones (excluding diaryl/α,β-unsaturated/α-hetero) is 1. The first-order valence-electron chi connectivity index (χ1n) is 11.6. The molecular weight excluding hydrogens is 364 g/mol. The van der Waals surface area contributed by atoms with Crippen LogP contribution < -0.4 is 4.74 Å². The monoisotopic (exact) mass is 404 g/mol. The van der Waals surface area contributed by atoms with Gasteiger partial charge in [0.15, 0.2) is 5.78 Å². The molecule has 1 rings (SSSR count). The molecule has 0 aliphatic carbocycles. The van der Waals surface area contributed by atoms with Gasteiger partial charge in [-0.2, -0.15) is 0 Å². The Hall–Kier alpha value is -1.84. The SMILES string of the molecule is CCCCCCCCCCCCCCCCOc1ccc(C(=O)CC(=O)O)cc1. The van der Waals surface area contributed by atoms with Crippen molar-refractivity contribution in [1.29, 1.82) is 0 Å². The molecule has 164 valence electrons. The molecule has 1 N–H and O–H groups in total. The van der Waals surface area contributed by atoms with Crippen LogP contribution in [-0.2, 0) is 4.79 Å². The van der Waals surface area contributed by atoms with Gasteiger partial charge in [0.05, 0.1) is 6.61 Å². The highest BCUT2D eigenvalue weighted by Gasteiger charge is 2.10. The lowest BCUT2D eigenvalue weighted by Gasteiger charge is -2.07. The molecule has 0 heterocycles. The number of carboxylic acids is 1. The minimum absolute atomic E-state index is 0.379. The molecule has 4 heteroatoms. The number of carbonyl (C=O) groups excluding carboxylic acids is 1. The fourth-order valence-electron chi connectivity index (χ4n) is 3.46. The van der Waals surface area contributed by atoms with E-state index in [4.69, 9.17) is 9.84 Å². The van der Waals surface area contributed by atoms with E-state index in [9.17, 15) is 9.59 Å². The summed E-state index contributed by atoms with van der Waals surface area (Å²) >= 11 is 0. The molecule has 29 heavy (non-hydrogen) atoms. The summed E-state index contributed by atoms with van der Waals surface area (Å²) in [6.07, 6.45) is 18.2. The highest BCUT2D eigenvalue weighted by molar-refractivity contribution is 6.05. The van der Waals surface area contributed by atoms with Gasteiger partial charge in [0, 0.05) is 5.56 Å². The number of rotatable bonds is 19. The Bertz CT molecular complexity index is 550. The van der Waals surface area contributed by atoms with Crippen LogP contribution in [0.15, 0.2) is 24.3 Å². The number of unbranched alkanes of at least 4 members (excludes halogenated alkanes) is 13. The van der Waals surface area contributed by atoms with Crippen molar-refractivity contribution < 1.29 is 19.4 Å². The van der Waals surface area contributed by atoms with E-state index in [2.05, 4.69) is 6.92 Å². The van der Waals surface area contributed by atoms with Crippen molar-refractivity contribution in [3.8, 4) is 5.75 Å². The summed E-state index contributed by atoms with van der Waals surface area (Å²) in [4.78, 5) is 22.2. The quantitative estimate of drug-likeness (QED) is 0.150. The van der Waals surface area contributed by atoms with Crippen molar-refractivity contribution in [2.24, 2.45) is 0 Å². The third-order valence-electron chi connectivity index (χ3n) is 5.25. The van der Waals surface area contributed by atoms with Gasteiger partial charge < -0.3 is 9.84 Å². The van der Waals surface area contributed by atoms with Crippen LogP contribution in [0.1, 0.15) is 114 Å². The van der Waals surface area contributed by atoms with Gasteiger partial charge in [-0.3, -0.25) is 9.59 Å². The third kappa shape index (κ3) is 13.9. The van der Waals surface area contributed by atoms with Gasteiger partial charge in [0.25, 0.3) is 0 Å². The number of hydrogen-bond acceptors (Lipinski definition) is 3. The molecule has 0 saturated carbocycles. The Labute approximate surface area is 177 Å². The molecule has 0 atom stereocenters. The molecule has 0 aliphatic rings. The van der Waals surface area contributed by atoms with E-state index in [1.807, 2.05) is 0 Å². The average molecular weight is 405 g/mol. The van der Waals surface area contributed by atoms with Crippen molar-refractivity contribution in [2.75, 3.05) is 6.61 Å². The van der Waals surface area contributed by atoms with Crippen LogP contribution in [0.2, 0.25) is 0 Å². The highest BCUT2D eigenvalue weighted by Crippen LogP contribution is 2.15. The van der Waals surface area contributed by atoms with Crippen LogP contribution in [0.4, 0.5) is 0 Å². The summed E-state index contributed by atoms with van der Waals surface area (Å²) in [5, 5.41) is 8.66. The van der Waals surface area contributed by atoms with Gasteiger partial charge in [-0.15, -0.1) is 0 Å². The largest absolute Gasteiger partial charge is 0.494 e. The summed E-state index contributed by atoms with van der Waals surface area (Å²) in [6, 6.07) is 6.73. The van der Waals surface area contributed by atoms with Crippen LogP contribution >= 0.6 is 0 Å². The molecule has 0 fully saturated rings. The van der Waals surface area contributed by atoms with Crippen molar-refractivity contribution in [3.05, 3.63) is 29.8 Å². The predicted molar refractivity (Wildman–Crippen MR) is 119 cm³/mol. The molecule has 0 amide bonds. The van der Waals surface area contributed by atoms with Crippen molar-refractivity contribution in [1.82, 2.24) is 0 Å². The van der Waals surface area contributed by atoms with Crippen molar-refractivity contribution in [3.63, 3.8) is 0 Å². The Balaban J connectivity index is 1.92. The Morgan fingerprint density at radius 3 is 1.62 bits per heavy atom. The summed E-state index contributed by atoms with van der Waals surface area (Å²) < 4.78 is 5.70. The summed E-state index contributed by atoms with van der Waals surface area (Å²) in [5.41, 5.74) is 0.413. The molecule has 0 saturated heterocycles. The number of carboxylic acid groups (broad SMARTS) is 1. The van der Waals surface area contributed by atoms with E-state index in [1.165, 1.54) is 83.5 Å². The van der Waals surface area contributed by atoms with E-state index in [-0.39, 0.29) is 5.78 Å². The lowest BCUT2D eigenvalue weighted by molar-refractivity contribution is -0.135. The number of ether oxygens (including phenoxy) is 1. The van der Waals surface area contributed by atoms with Crippen LogP contribution in [0.5, 0.6) is 5.75 Å². The number of ketones is 1. The Kier molecular flexibility index (Phi) is 14.8. The van der Waals surface area contributed by atoms with Crippen LogP contribution in [0.3, 0.4) is 0 Å². The van der Waals surface area contributed by atoms with Gasteiger partial charge >= 0.3 is 5.97 Å². The summed E-state index contributed by atoms with van der Waals surface area (Å²) in [7, 11) is 0. The second-order valence-corrected chi connectivity index (χ2v) is 7.96. The standard InChI is InChI=1S/C25H40O4/c1-2-3-4-5-6-7-8-9-10-11-12-13-14-15-20-29-23-18-16-22(17-19-23)24(26)21-25(27)28/h16-19H,2-15,20-21H2,1H3,(H,27,28). The molecule has 0 aliphatic heterocycles. The molecule has 0 radical (unpaired) electrons. The maximum Gasteiger partial charge on any atom is 0.311 e. The second kappa shape index (κ2) is 17.1. The van der Waals surface area contributed by atoms with Crippen LogP contribution in [-0.4, -0.2) is 23.5 Å². The minimum Gasteiger partial charge on any atom is -0.494 e. The van der Waals surface area contributed by atoms with Gasteiger partial charge in [-0.05, 0) is 30.7 Å². The van der Waals surface area contributed by atoms with E-state index in [0.717, 1.165) is 12.2 Å². The van der Waals surface area contributed by atoms with Crippen molar-refractivity contribution >= 4 is 11.8 Å². The number of hydrogen-bond donors (Lipinski definition) is 1. The number of carbonyl (C=O) groups is 2. The molecule has 0 aromatic heterocycles. The van der Waals surface area contributed by atoms with Gasteiger partial charge in [-0.1, -0.05) is 90.4 Å². The lowest BCUT2D eigenvalue weighted by atomic mass is 10.0. The molecular formula is C25H40O4. The molecule has 4 nitrogen and oxygen atoms in total. The third-order valence-corrected chi connectivity index (χ3v) is 5.25. The fraction of sp³-hybridized carbons (Fsp3) is 0.680. The second-order valence-electron chi connectivity index (χ2n) is 7.96. The molecule has 0 unspecified atom stereocenters. The molecule has 1 aromatic carbocycles. The van der Waals surface area contributed by atoms with E-state index >= 15 is 0 Å². The van der Waals surface area contributed by atoms with Crippen LogP contribution in [0, 0.1) is 0 Å². The highest BCUT2D eigenvalue weighted by atomic mass is 16.5. The van der Waals surface area contributed by atoms with E-state index < -0.39 is 12.4 Å². The predicted octanol–water partition coefficient (Wildman–Crippen LogP) is 7.20. The van der Waals surface area contributed by atoms with Gasteiger partial charge in [-0.25, -0.2) is 0 Å².